The molecule has 1 heterocycles. The molecule has 2 atom stereocenters. The molecule has 4 heteroatoms. The number of carbonyl (C=O) groups is 2. The highest BCUT2D eigenvalue weighted by atomic mass is 16.5. The Morgan fingerprint density at radius 3 is 2.67 bits per heavy atom. The second kappa shape index (κ2) is 5.21. The molecule has 0 spiro atoms. The maximum atomic E-state index is 11.9. The van der Waals surface area contributed by atoms with E-state index < -0.39 is 0 Å². The van der Waals surface area contributed by atoms with E-state index in [0.717, 1.165) is 5.56 Å². The molecule has 0 aromatic heterocycles. The summed E-state index contributed by atoms with van der Waals surface area (Å²) in [5, 5.41) is 0. The standard InChI is InChI=1S/C14H17NO3/c1-10(11-6-4-3-5-7-11)15-9-12(8-13(15)16)14(17)18-2/h3-7,10,12H,8-9H2,1-2H3. The SMILES string of the molecule is COC(=O)C1CC(=O)N(C(C)c2ccccc2)C1. The second-order valence-electron chi connectivity index (χ2n) is 4.56. The lowest BCUT2D eigenvalue weighted by atomic mass is 10.1. The Balaban J connectivity index is 2.10. The third kappa shape index (κ3) is 2.37. The fraction of sp³-hybridized carbons (Fsp3) is 0.429. The van der Waals surface area contributed by atoms with Crippen LogP contribution >= 0.6 is 0 Å². The van der Waals surface area contributed by atoms with Crippen LogP contribution in [0.25, 0.3) is 0 Å². The molecule has 1 aromatic rings. The van der Waals surface area contributed by atoms with Gasteiger partial charge in [-0.05, 0) is 12.5 Å². The molecule has 0 radical (unpaired) electrons. The molecule has 4 nitrogen and oxygen atoms in total. The van der Waals surface area contributed by atoms with Gasteiger partial charge in [-0.15, -0.1) is 0 Å². The molecule has 1 aromatic carbocycles. The highest BCUT2D eigenvalue weighted by Gasteiger charge is 2.37. The number of amides is 1. The topological polar surface area (TPSA) is 46.6 Å². The van der Waals surface area contributed by atoms with Gasteiger partial charge in [0.1, 0.15) is 0 Å². The monoisotopic (exact) mass is 247 g/mol. The van der Waals surface area contributed by atoms with Crippen molar-refractivity contribution in [2.45, 2.75) is 19.4 Å². The van der Waals surface area contributed by atoms with Crippen LogP contribution in [-0.2, 0) is 14.3 Å². The average Bonchev–Trinajstić information content (AvgIpc) is 2.80. The number of esters is 1. The van der Waals surface area contributed by atoms with Crippen molar-refractivity contribution in [2.24, 2.45) is 5.92 Å². The summed E-state index contributed by atoms with van der Waals surface area (Å²) in [5.41, 5.74) is 1.08. The molecule has 0 aliphatic carbocycles. The van der Waals surface area contributed by atoms with Crippen molar-refractivity contribution in [1.82, 2.24) is 4.90 Å². The van der Waals surface area contributed by atoms with Gasteiger partial charge in [0.25, 0.3) is 0 Å². The normalized spacial score (nSPS) is 20.9. The third-order valence-corrected chi connectivity index (χ3v) is 3.44. The number of carbonyl (C=O) groups excluding carboxylic acids is 2. The van der Waals surface area contributed by atoms with Gasteiger partial charge in [-0.3, -0.25) is 9.59 Å². The predicted molar refractivity (Wildman–Crippen MR) is 66.7 cm³/mol. The molecule has 0 saturated carbocycles. The molecule has 1 saturated heterocycles. The van der Waals surface area contributed by atoms with E-state index in [1.165, 1.54) is 7.11 Å². The minimum atomic E-state index is -0.325. The largest absolute Gasteiger partial charge is 0.469 e. The van der Waals surface area contributed by atoms with Crippen molar-refractivity contribution >= 4 is 11.9 Å². The molecule has 1 amide bonds. The minimum absolute atomic E-state index is 0.00615. The molecular weight excluding hydrogens is 230 g/mol. The molecule has 96 valence electrons. The van der Waals surface area contributed by atoms with Gasteiger partial charge in [0.15, 0.2) is 0 Å². The molecular formula is C14H17NO3. The number of hydrogen-bond donors (Lipinski definition) is 0. The smallest absolute Gasteiger partial charge is 0.310 e. The summed E-state index contributed by atoms with van der Waals surface area (Å²) in [6.07, 6.45) is 0.254. The lowest BCUT2D eigenvalue weighted by Gasteiger charge is -2.25. The first kappa shape index (κ1) is 12.6. The van der Waals surface area contributed by atoms with E-state index in [4.69, 9.17) is 4.74 Å². The van der Waals surface area contributed by atoms with Crippen molar-refractivity contribution in [3.63, 3.8) is 0 Å². The van der Waals surface area contributed by atoms with Crippen LogP contribution in [0.1, 0.15) is 24.9 Å². The Morgan fingerprint density at radius 1 is 1.39 bits per heavy atom. The summed E-state index contributed by atoms with van der Waals surface area (Å²) in [4.78, 5) is 25.1. The highest BCUT2D eigenvalue weighted by molar-refractivity contribution is 5.87. The van der Waals surface area contributed by atoms with E-state index in [0.29, 0.717) is 6.54 Å². The van der Waals surface area contributed by atoms with Gasteiger partial charge in [0.05, 0.1) is 19.1 Å². The zero-order valence-electron chi connectivity index (χ0n) is 10.6. The Labute approximate surface area is 107 Å². The predicted octanol–water partition coefficient (Wildman–Crippen LogP) is 1.77. The maximum absolute atomic E-state index is 11.9. The van der Waals surface area contributed by atoms with Crippen molar-refractivity contribution in [2.75, 3.05) is 13.7 Å². The Bertz CT molecular complexity index is 444. The fourth-order valence-corrected chi connectivity index (χ4v) is 2.34. The van der Waals surface area contributed by atoms with Gasteiger partial charge in [0, 0.05) is 13.0 Å². The Morgan fingerprint density at radius 2 is 2.06 bits per heavy atom. The first-order valence-corrected chi connectivity index (χ1v) is 6.05. The van der Waals surface area contributed by atoms with Gasteiger partial charge in [-0.1, -0.05) is 30.3 Å². The third-order valence-electron chi connectivity index (χ3n) is 3.44. The van der Waals surface area contributed by atoms with Crippen LogP contribution in [-0.4, -0.2) is 30.4 Å². The molecule has 0 N–H and O–H groups in total. The number of likely N-dealkylation sites (tertiary alicyclic amines) is 1. The molecule has 1 aliphatic rings. The number of ether oxygens (including phenoxy) is 1. The summed E-state index contributed by atoms with van der Waals surface area (Å²) in [6, 6.07) is 9.81. The zero-order chi connectivity index (χ0) is 13.1. The fourth-order valence-electron chi connectivity index (χ4n) is 2.34. The van der Waals surface area contributed by atoms with Gasteiger partial charge in [0.2, 0.25) is 5.91 Å². The lowest BCUT2D eigenvalue weighted by Crippen LogP contribution is -2.29. The zero-order valence-corrected chi connectivity index (χ0v) is 10.6. The molecule has 18 heavy (non-hydrogen) atoms. The summed E-state index contributed by atoms with van der Waals surface area (Å²) < 4.78 is 4.70. The van der Waals surface area contributed by atoms with Crippen LogP contribution in [0.3, 0.4) is 0 Å². The van der Waals surface area contributed by atoms with Crippen LogP contribution < -0.4 is 0 Å². The van der Waals surface area contributed by atoms with Gasteiger partial charge in [-0.2, -0.15) is 0 Å². The second-order valence-corrected chi connectivity index (χ2v) is 4.56. The van der Waals surface area contributed by atoms with Crippen LogP contribution in [0.2, 0.25) is 0 Å². The summed E-state index contributed by atoms with van der Waals surface area (Å²) in [7, 11) is 1.36. The van der Waals surface area contributed by atoms with Crippen molar-refractivity contribution in [3.8, 4) is 0 Å². The van der Waals surface area contributed by atoms with Crippen LogP contribution in [0.4, 0.5) is 0 Å². The Hall–Kier alpha value is -1.84. The molecule has 0 bridgehead atoms. The molecule has 1 aliphatic heterocycles. The number of hydrogen-bond acceptors (Lipinski definition) is 3. The van der Waals surface area contributed by atoms with Gasteiger partial charge >= 0.3 is 5.97 Å². The first-order chi connectivity index (χ1) is 8.63. The molecule has 1 fully saturated rings. The van der Waals surface area contributed by atoms with Crippen LogP contribution in [0.5, 0.6) is 0 Å². The van der Waals surface area contributed by atoms with E-state index in [2.05, 4.69) is 0 Å². The van der Waals surface area contributed by atoms with Crippen LogP contribution in [0, 0.1) is 5.92 Å². The van der Waals surface area contributed by atoms with E-state index in [1.807, 2.05) is 37.3 Å². The van der Waals surface area contributed by atoms with Crippen LogP contribution in [0.15, 0.2) is 30.3 Å². The van der Waals surface area contributed by atoms with Gasteiger partial charge in [-0.25, -0.2) is 0 Å². The number of rotatable bonds is 3. The van der Waals surface area contributed by atoms with E-state index in [1.54, 1.807) is 4.90 Å². The van der Waals surface area contributed by atoms with E-state index in [-0.39, 0.29) is 30.3 Å². The average molecular weight is 247 g/mol. The number of methoxy groups -OCH3 is 1. The lowest BCUT2D eigenvalue weighted by molar-refractivity contribution is -0.145. The number of nitrogens with zero attached hydrogens (tertiary/aromatic N) is 1. The van der Waals surface area contributed by atoms with Crippen molar-refractivity contribution in [1.29, 1.82) is 0 Å². The minimum Gasteiger partial charge on any atom is -0.469 e. The maximum Gasteiger partial charge on any atom is 0.310 e. The van der Waals surface area contributed by atoms with Crippen molar-refractivity contribution in [3.05, 3.63) is 35.9 Å². The van der Waals surface area contributed by atoms with Crippen molar-refractivity contribution < 1.29 is 14.3 Å². The van der Waals surface area contributed by atoms with E-state index >= 15 is 0 Å². The van der Waals surface area contributed by atoms with Gasteiger partial charge < -0.3 is 9.64 Å². The first-order valence-electron chi connectivity index (χ1n) is 6.05. The van der Waals surface area contributed by atoms with E-state index in [9.17, 15) is 9.59 Å². The summed E-state index contributed by atoms with van der Waals surface area (Å²) in [6.45, 7) is 2.43. The summed E-state index contributed by atoms with van der Waals surface area (Å²) in [5.74, 6) is -0.610. The summed E-state index contributed by atoms with van der Waals surface area (Å²) >= 11 is 0. The number of benzene rings is 1. The molecule has 2 unspecified atom stereocenters. The quantitative estimate of drug-likeness (QED) is 0.765. The molecule has 2 rings (SSSR count). The highest BCUT2D eigenvalue weighted by Crippen LogP contribution is 2.28. The Kier molecular flexibility index (Phi) is 3.65.